The van der Waals surface area contributed by atoms with E-state index in [1.54, 1.807) is 35.2 Å². The molecule has 0 aromatic heterocycles. The fourth-order valence-corrected chi connectivity index (χ4v) is 4.62. The van der Waals surface area contributed by atoms with Crippen LogP contribution in [-0.4, -0.2) is 51.8 Å². The Hall–Kier alpha value is -1.74. The molecule has 1 N–H and O–H groups in total. The van der Waals surface area contributed by atoms with Gasteiger partial charge in [-0.25, -0.2) is 8.42 Å². The number of nitrogens with zero attached hydrogens (tertiary/aromatic N) is 1. The molecule has 144 valence electrons. The second kappa shape index (κ2) is 8.52. The summed E-state index contributed by atoms with van der Waals surface area (Å²) in [7, 11) is -3.89. The van der Waals surface area contributed by atoms with Crippen LogP contribution in [0.4, 0.5) is 5.69 Å². The van der Waals surface area contributed by atoms with Crippen molar-refractivity contribution in [1.29, 1.82) is 0 Å². The summed E-state index contributed by atoms with van der Waals surface area (Å²) in [5.74, 6) is -0.197. The molecule has 2 aromatic rings. The Morgan fingerprint density at radius 3 is 2.56 bits per heavy atom. The third-order valence-corrected chi connectivity index (χ3v) is 6.62. The van der Waals surface area contributed by atoms with Crippen molar-refractivity contribution in [3.63, 3.8) is 0 Å². The van der Waals surface area contributed by atoms with Crippen LogP contribution in [0.3, 0.4) is 0 Å². The van der Waals surface area contributed by atoms with Crippen LogP contribution < -0.4 is 4.72 Å². The molecule has 1 amide bonds. The van der Waals surface area contributed by atoms with Crippen molar-refractivity contribution < 1.29 is 17.9 Å². The standard InChI is InChI=1S/C18H19ClN2O4S2/c1-26-17-7-6-13(12-14(17)18(22)21-8-10-25-11-9-21)27(23,24)20-16-5-3-2-4-15(16)19/h2-7,12,20H,8-11H2,1H3. The van der Waals surface area contributed by atoms with Gasteiger partial charge in [-0.2, -0.15) is 0 Å². The molecule has 0 spiro atoms. The van der Waals surface area contributed by atoms with Gasteiger partial charge in [0.1, 0.15) is 0 Å². The Morgan fingerprint density at radius 2 is 1.89 bits per heavy atom. The van der Waals surface area contributed by atoms with E-state index in [4.69, 9.17) is 16.3 Å². The molecule has 0 radical (unpaired) electrons. The van der Waals surface area contributed by atoms with Gasteiger partial charge < -0.3 is 9.64 Å². The van der Waals surface area contributed by atoms with Gasteiger partial charge in [0.05, 0.1) is 34.4 Å². The molecule has 0 aliphatic carbocycles. The van der Waals surface area contributed by atoms with Crippen LogP contribution in [0.25, 0.3) is 0 Å². The van der Waals surface area contributed by atoms with Crippen molar-refractivity contribution in [1.82, 2.24) is 4.90 Å². The van der Waals surface area contributed by atoms with Crippen molar-refractivity contribution in [2.24, 2.45) is 0 Å². The van der Waals surface area contributed by atoms with Gasteiger partial charge in [-0.1, -0.05) is 23.7 Å². The highest BCUT2D eigenvalue weighted by molar-refractivity contribution is 7.98. The zero-order chi connectivity index (χ0) is 19.4. The first-order chi connectivity index (χ1) is 12.9. The van der Waals surface area contributed by atoms with E-state index < -0.39 is 10.0 Å². The molecule has 1 heterocycles. The highest BCUT2D eigenvalue weighted by Crippen LogP contribution is 2.28. The van der Waals surface area contributed by atoms with Gasteiger partial charge >= 0.3 is 0 Å². The third-order valence-electron chi connectivity index (χ3n) is 4.13. The highest BCUT2D eigenvalue weighted by atomic mass is 35.5. The number of amides is 1. The number of sulfonamides is 1. The van der Waals surface area contributed by atoms with E-state index in [2.05, 4.69) is 4.72 Å². The molecular weight excluding hydrogens is 408 g/mol. The van der Waals surface area contributed by atoms with Crippen LogP contribution in [0, 0.1) is 0 Å². The number of anilines is 1. The molecular formula is C18H19ClN2O4S2. The van der Waals surface area contributed by atoms with Crippen LogP contribution in [0.2, 0.25) is 5.02 Å². The second-order valence-electron chi connectivity index (χ2n) is 5.85. The van der Waals surface area contributed by atoms with E-state index >= 15 is 0 Å². The number of ether oxygens (including phenoxy) is 1. The first-order valence-corrected chi connectivity index (χ1v) is 11.3. The van der Waals surface area contributed by atoms with Gasteiger partial charge in [0, 0.05) is 18.0 Å². The summed E-state index contributed by atoms with van der Waals surface area (Å²) in [4.78, 5) is 15.3. The Bertz CT molecular complexity index is 944. The number of nitrogens with one attached hydrogen (secondary N) is 1. The van der Waals surface area contributed by atoms with Crippen LogP contribution in [-0.2, 0) is 14.8 Å². The quantitative estimate of drug-likeness (QED) is 0.742. The van der Waals surface area contributed by atoms with Crippen LogP contribution in [0.5, 0.6) is 0 Å². The lowest BCUT2D eigenvalue weighted by Crippen LogP contribution is -2.40. The minimum absolute atomic E-state index is 0.0110. The van der Waals surface area contributed by atoms with Gasteiger partial charge in [-0.3, -0.25) is 9.52 Å². The normalized spacial score (nSPS) is 14.8. The number of carbonyl (C=O) groups is 1. The van der Waals surface area contributed by atoms with Gasteiger partial charge in [0.2, 0.25) is 0 Å². The number of rotatable bonds is 5. The monoisotopic (exact) mass is 426 g/mol. The lowest BCUT2D eigenvalue weighted by Gasteiger charge is -2.27. The first kappa shape index (κ1) is 20.0. The number of morpholine rings is 1. The maximum Gasteiger partial charge on any atom is 0.261 e. The molecule has 27 heavy (non-hydrogen) atoms. The summed E-state index contributed by atoms with van der Waals surface area (Å²) in [6.45, 7) is 1.93. The summed E-state index contributed by atoms with van der Waals surface area (Å²) in [6, 6.07) is 11.1. The molecule has 2 aromatic carbocycles. The highest BCUT2D eigenvalue weighted by Gasteiger charge is 2.24. The number of halogens is 1. The Kier molecular flexibility index (Phi) is 6.31. The maximum atomic E-state index is 12.9. The number of hydrogen-bond acceptors (Lipinski definition) is 5. The summed E-state index contributed by atoms with van der Waals surface area (Å²) in [6.07, 6.45) is 1.85. The SMILES string of the molecule is CSc1ccc(S(=O)(=O)Nc2ccccc2Cl)cc1C(=O)N1CCOCC1. The molecule has 1 saturated heterocycles. The van der Waals surface area contributed by atoms with Crippen molar-refractivity contribution in [3.05, 3.63) is 53.1 Å². The zero-order valence-electron chi connectivity index (χ0n) is 14.6. The summed E-state index contributed by atoms with van der Waals surface area (Å²) >= 11 is 7.44. The summed E-state index contributed by atoms with van der Waals surface area (Å²) in [5, 5.41) is 0.298. The van der Waals surface area contributed by atoms with Crippen LogP contribution in [0.15, 0.2) is 52.3 Å². The molecule has 6 nitrogen and oxygen atoms in total. The molecule has 1 fully saturated rings. The smallest absolute Gasteiger partial charge is 0.261 e. The van der Waals surface area contributed by atoms with E-state index in [1.807, 2.05) is 6.26 Å². The van der Waals surface area contributed by atoms with Crippen molar-refractivity contribution in [3.8, 4) is 0 Å². The molecule has 3 rings (SSSR count). The Balaban J connectivity index is 1.94. The fraction of sp³-hybridized carbons (Fsp3) is 0.278. The van der Waals surface area contributed by atoms with Crippen LogP contribution in [0.1, 0.15) is 10.4 Å². The van der Waals surface area contributed by atoms with E-state index in [9.17, 15) is 13.2 Å². The number of para-hydroxylation sites is 1. The molecule has 0 atom stereocenters. The minimum Gasteiger partial charge on any atom is -0.378 e. The predicted molar refractivity (Wildman–Crippen MR) is 107 cm³/mol. The second-order valence-corrected chi connectivity index (χ2v) is 8.79. The lowest BCUT2D eigenvalue weighted by atomic mass is 10.2. The van der Waals surface area contributed by atoms with E-state index in [0.717, 1.165) is 4.90 Å². The maximum absolute atomic E-state index is 12.9. The number of carbonyl (C=O) groups excluding carboxylic acids is 1. The van der Waals surface area contributed by atoms with Gasteiger partial charge in [0.25, 0.3) is 15.9 Å². The van der Waals surface area contributed by atoms with Crippen molar-refractivity contribution in [2.75, 3.05) is 37.3 Å². The Morgan fingerprint density at radius 1 is 1.19 bits per heavy atom. The van der Waals surface area contributed by atoms with Gasteiger partial charge in [0.15, 0.2) is 0 Å². The molecule has 0 unspecified atom stereocenters. The molecule has 1 aliphatic rings. The van der Waals surface area contributed by atoms with E-state index in [-0.39, 0.29) is 16.5 Å². The molecule has 9 heteroatoms. The number of hydrogen-bond donors (Lipinski definition) is 1. The largest absolute Gasteiger partial charge is 0.378 e. The van der Waals surface area contributed by atoms with E-state index in [0.29, 0.717) is 36.9 Å². The minimum atomic E-state index is -3.89. The average molecular weight is 427 g/mol. The molecule has 1 aliphatic heterocycles. The number of benzene rings is 2. The first-order valence-electron chi connectivity index (χ1n) is 8.25. The van der Waals surface area contributed by atoms with Gasteiger partial charge in [-0.15, -0.1) is 11.8 Å². The van der Waals surface area contributed by atoms with Crippen molar-refractivity contribution >= 4 is 45.0 Å². The third kappa shape index (κ3) is 4.57. The number of thioether (sulfide) groups is 1. The summed E-state index contributed by atoms with van der Waals surface area (Å²) in [5.41, 5.74) is 0.653. The zero-order valence-corrected chi connectivity index (χ0v) is 17.0. The average Bonchev–Trinajstić information content (AvgIpc) is 2.69. The van der Waals surface area contributed by atoms with Crippen LogP contribution >= 0.6 is 23.4 Å². The molecule has 0 bridgehead atoms. The fourth-order valence-electron chi connectivity index (χ4n) is 2.71. The Labute approximate surface area is 167 Å². The summed E-state index contributed by atoms with van der Waals surface area (Å²) < 4.78 is 33.3. The van der Waals surface area contributed by atoms with E-state index in [1.165, 1.54) is 23.9 Å². The predicted octanol–water partition coefficient (Wildman–Crippen LogP) is 3.34. The molecule has 0 saturated carbocycles. The lowest BCUT2D eigenvalue weighted by molar-refractivity contribution is 0.0300. The van der Waals surface area contributed by atoms with Crippen molar-refractivity contribution in [2.45, 2.75) is 9.79 Å². The van der Waals surface area contributed by atoms with Gasteiger partial charge in [-0.05, 0) is 36.6 Å². The topological polar surface area (TPSA) is 75.7 Å².